The van der Waals surface area contributed by atoms with Crippen LogP contribution in [0.1, 0.15) is 6.92 Å². The van der Waals surface area contributed by atoms with Gasteiger partial charge in [0.05, 0.1) is 0 Å². The first-order chi connectivity index (χ1) is 11.4. The zero-order valence-corrected chi connectivity index (χ0v) is 14.6. The highest BCUT2D eigenvalue weighted by Gasteiger charge is 2.16. The number of thiophene rings is 1. The number of phenols is 1. The van der Waals surface area contributed by atoms with Gasteiger partial charge in [0.1, 0.15) is 15.7 Å². The topological polar surface area (TPSA) is 105 Å². The number of sulfonamides is 1. The third-order valence-electron chi connectivity index (χ3n) is 3.00. The number of amides is 1. The van der Waals surface area contributed by atoms with Gasteiger partial charge < -0.3 is 15.2 Å². The summed E-state index contributed by atoms with van der Waals surface area (Å²) in [5.74, 6) is 0.199. The first kappa shape index (κ1) is 18.2. The van der Waals surface area contributed by atoms with Crippen molar-refractivity contribution in [2.75, 3.05) is 13.1 Å². The van der Waals surface area contributed by atoms with Gasteiger partial charge in [-0.1, -0.05) is 6.07 Å². The second-order valence-electron chi connectivity index (χ2n) is 4.87. The Kier molecular flexibility index (Phi) is 6.18. The van der Waals surface area contributed by atoms with Crippen LogP contribution in [0.2, 0.25) is 0 Å². The molecule has 24 heavy (non-hydrogen) atoms. The molecule has 3 N–H and O–H groups in total. The van der Waals surface area contributed by atoms with Gasteiger partial charge in [0.25, 0.3) is 5.91 Å². The molecule has 0 bridgehead atoms. The lowest BCUT2D eigenvalue weighted by molar-refractivity contribution is -0.127. The number of carbonyl (C=O) groups excluding carboxylic acids is 1. The van der Waals surface area contributed by atoms with Crippen molar-refractivity contribution in [1.82, 2.24) is 10.0 Å². The number of hydrogen-bond acceptors (Lipinski definition) is 6. The molecule has 0 spiro atoms. The Labute approximate surface area is 144 Å². The zero-order chi connectivity index (χ0) is 17.6. The van der Waals surface area contributed by atoms with Gasteiger partial charge in [-0.25, -0.2) is 13.1 Å². The Balaban J connectivity index is 1.73. The number of nitrogens with one attached hydrogen (secondary N) is 2. The van der Waals surface area contributed by atoms with E-state index >= 15 is 0 Å². The number of rotatable bonds is 8. The lowest BCUT2D eigenvalue weighted by Crippen LogP contribution is -2.40. The van der Waals surface area contributed by atoms with Crippen molar-refractivity contribution < 1.29 is 23.1 Å². The number of ether oxygens (including phenoxy) is 1. The highest BCUT2D eigenvalue weighted by atomic mass is 32.2. The molecule has 130 valence electrons. The Morgan fingerprint density at radius 3 is 2.58 bits per heavy atom. The van der Waals surface area contributed by atoms with Crippen LogP contribution >= 0.6 is 11.3 Å². The minimum Gasteiger partial charge on any atom is -0.508 e. The lowest BCUT2D eigenvalue weighted by Gasteiger charge is -2.14. The van der Waals surface area contributed by atoms with Crippen molar-refractivity contribution in [3.8, 4) is 11.5 Å². The molecule has 0 aliphatic heterocycles. The SMILES string of the molecule is CC(Oc1ccc(O)cc1)C(=O)NCCNS(=O)(=O)c1cccs1. The molecule has 1 aromatic heterocycles. The van der Waals surface area contributed by atoms with Gasteiger partial charge in [-0.3, -0.25) is 4.79 Å². The summed E-state index contributed by atoms with van der Waals surface area (Å²) in [5, 5.41) is 13.5. The Hall–Kier alpha value is -2.10. The summed E-state index contributed by atoms with van der Waals surface area (Å²) in [6.45, 7) is 1.81. The first-order valence-electron chi connectivity index (χ1n) is 7.15. The molecule has 0 fully saturated rings. The summed E-state index contributed by atoms with van der Waals surface area (Å²) in [7, 11) is -3.53. The fourth-order valence-electron chi connectivity index (χ4n) is 1.78. The summed E-state index contributed by atoms with van der Waals surface area (Å²) in [5.41, 5.74) is 0. The molecule has 1 amide bonds. The minimum absolute atomic E-state index is 0.0813. The van der Waals surface area contributed by atoms with Crippen molar-refractivity contribution in [3.05, 3.63) is 41.8 Å². The van der Waals surface area contributed by atoms with Crippen LogP contribution in [-0.2, 0) is 14.8 Å². The molecule has 0 aliphatic rings. The summed E-state index contributed by atoms with van der Waals surface area (Å²) < 4.78 is 31.8. The molecular weight excluding hydrogens is 352 g/mol. The van der Waals surface area contributed by atoms with E-state index in [9.17, 15) is 18.3 Å². The van der Waals surface area contributed by atoms with Crippen LogP contribution in [0.25, 0.3) is 0 Å². The van der Waals surface area contributed by atoms with Crippen molar-refractivity contribution in [2.45, 2.75) is 17.2 Å². The van der Waals surface area contributed by atoms with Gasteiger partial charge in [0.15, 0.2) is 6.10 Å². The van der Waals surface area contributed by atoms with E-state index in [1.165, 1.54) is 18.2 Å². The van der Waals surface area contributed by atoms with Crippen molar-refractivity contribution in [2.24, 2.45) is 0 Å². The lowest BCUT2D eigenvalue weighted by atomic mass is 10.3. The van der Waals surface area contributed by atoms with Crippen molar-refractivity contribution in [1.29, 1.82) is 0 Å². The van der Waals surface area contributed by atoms with Crippen LogP contribution in [0, 0.1) is 0 Å². The number of carbonyl (C=O) groups is 1. The molecule has 0 aliphatic carbocycles. The van der Waals surface area contributed by atoms with Crippen LogP contribution in [0.5, 0.6) is 11.5 Å². The van der Waals surface area contributed by atoms with Gasteiger partial charge in [-0.2, -0.15) is 0 Å². The van der Waals surface area contributed by atoms with Crippen molar-refractivity contribution in [3.63, 3.8) is 0 Å². The number of phenolic OH excluding ortho intramolecular Hbond substituents is 1. The van der Waals surface area contributed by atoms with Gasteiger partial charge in [0.2, 0.25) is 10.0 Å². The average molecular weight is 370 g/mol. The third-order valence-corrected chi connectivity index (χ3v) is 5.85. The zero-order valence-electron chi connectivity index (χ0n) is 12.9. The first-order valence-corrected chi connectivity index (χ1v) is 9.51. The van der Waals surface area contributed by atoms with Gasteiger partial charge in [-0.05, 0) is 42.6 Å². The summed E-state index contributed by atoms with van der Waals surface area (Å²) in [6.07, 6.45) is -0.747. The molecule has 0 saturated heterocycles. The predicted octanol–water partition coefficient (Wildman–Crippen LogP) is 1.32. The van der Waals surface area contributed by atoms with E-state index in [1.54, 1.807) is 30.5 Å². The number of aromatic hydroxyl groups is 1. The quantitative estimate of drug-likeness (QED) is 0.608. The van der Waals surface area contributed by atoms with Gasteiger partial charge in [0, 0.05) is 13.1 Å². The van der Waals surface area contributed by atoms with E-state index in [2.05, 4.69) is 10.0 Å². The monoisotopic (exact) mass is 370 g/mol. The summed E-state index contributed by atoms with van der Waals surface area (Å²) >= 11 is 1.13. The largest absolute Gasteiger partial charge is 0.508 e. The minimum atomic E-state index is -3.53. The highest BCUT2D eigenvalue weighted by Crippen LogP contribution is 2.17. The van der Waals surface area contributed by atoms with Crippen LogP contribution in [0.15, 0.2) is 46.0 Å². The van der Waals surface area contributed by atoms with E-state index in [0.29, 0.717) is 5.75 Å². The summed E-state index contributed by atoms with van der Waals surface area (Å²) in [6, 6.07) is 9.18. The maximum atomic E-state index is 11.9. The Morgan fingerprint density at radius 1 is 1.25 bits per heavy atom. The molecule has 7 nitrogen and oxygen atoms in total. The number of benzene rings is 1. The van der Waals surface area contributed by atoms with Gasteiger partial charge >= 0.3 is 0 Å². The van der Waals surface area contributed by atoms with Gasteiger partial charge in [-0.15, -0.1) is 11.3 Å². The molecule has 1 atom stereocenters. The molecule has 1 heterocycles. The molecule has 0 saturated carbocycles. The molecular formula is C15H18N2O5S2. The second kappa shape index (κ2) is 8.13. The van der Waals surface area contributed by atoms with E-state index in [4.69, 9.17) is 4.74 Å². The van der Waals surface area contributed by atoms with E-state index in [-0.39, 0.29) is 29.0 Å². The normalized spacial score (nSPS) is 12.5. The van der Waals surface area contributed by atoms with E-state index < -0.39 is 16.1 Å². The number of hydrogen-bond donors (Lipinski definition) is 3. The maximum Gasteiger partial charge on any atom is 0.260 e. The predicted molar refractivity (Wildman–Crippen MR) is 90.7 cm³/mol. The molecule has 1 unspecified atom stereocenters. The molecule has 2 aromatic rings. The third kappa shape index (κ3) is 5.22. The Morgan fingerprint density at radius 2 is 1.96 bits per heavy atom. The van der Waals surface area contributed by atoms with E-state index in [1.807, 2.05) is 0 Å². The molecule has 1 aromatic carbocycles. The van der Waals surface area contributed by atoms with Crippen LogP contribution in [0.4, 0.5) is 0 Å². The van der Waals surface area contributed by atoms with Crippen LogP contribution in [-0.4, -0.2) is 38.6 Å². The van der Waals surface area contributed by atoms with E-state index in [0.717, 1.165) is 11.3 Å². The molecule has 2 rings (SSSR count). The van der Waals surface area contributed by atoms with Crippen molar-refractivity contribution >= 4 is 27.3 Å². The second-order valence-corrected chi connectivity index (χ2v) is 7.82. The fourth-order valence-corrected chi connectivity index (χ4v) is 3.85. The standard InChI is InChI=1S/C15H18N2O5S2/c1-11(22-13-6-4-12(18)5-7-13)15(19)16-8-9-17-24(20,21)14-3-2-10-23-14/h2-7,10-11,17-18H,8-9H2,1H3,(H,16,19). The smallest absolute Gasteiger partial charge is 0.260 e. The highest BCUT2D eigenvalue weighted by molar-refractivity contribution is 7.91. The van der Waals surface area contributed by atoms with Crippen LogP contribution in [0.3, 0.4) is 0 Å². The summed E-state index contributed by atoms with van der Waals surface area (Å²) in [4.78, 5) is 11.9. The molecule has 0 radical (unpaired) electrons. The fraction of sp³-hybridized carbons (Fsp3) is 0.267. The maximum absolute atomic E-state index is 11.9. The molecule has 9 heteroatoms. The average Bonchev–Trinajstić information content (AvgIpc) is 3.09. The Bertz CT molecular complexity index is 758. The van der Waals surface area contributed by atoms with Crippen LogP contribution < -0.4 is 14.8 Å².